The van der Waals surface area contributed by atoms with Crippen LogP contribution in [0.3, 0.4) is 0 Å². The van der Waals surface area contributed by atoms with Crippen LogP contribution in [0.15, 0.2) is 18.2 Å². The molecule has 4 aromatic rings. The summed E-state index contributed by atoms with van der Waals surface area (Å²) < 4.78 is 38.4. The zero-order valence-corrected chi connectivity index (χ0v) is 24.2. The molecule has 0 amide bonds. The SMILES string of the molecule is CN1CCC[C@H]1COc1nc(N2CCNCC2)c2cc(C3(C#N)CCC3)c(-c3ccc(F)c4sc(N)nc34)c(F)c2n1. The second kappa shape index (κ2) is 10.6. The Hall–Kier alpha value is -3.66. The lowest BCUT2D eigenvalue weighted by atomic mass is 9.63. The lowest BCUT2D eigenvalue weighted by molar-refractivity contribution is 0.188. The van der Waals surface area contributed by atoms with Crippen molar-refractivity contribution in [3.63, 3.8) is 0 Å². The highest BCUT2D eigenvalue weighted by Crippen LogP contribution is 2.51. The number of anilines is 2. The summed E-state index contributed by atoms with van der Waals surface area (Å²) in [6.45, 7) is 4.33. The van der Waals surface area contributed by atoms with E-state index in [2.05, 4.69) is 38.2 Å². The second-order valence-electron chi connectivity index (χ2n) is 11.5. The van der Waals surface area contributed by atoms with Gasteiger partial charge in [0.15, 0.2) is 10.9 Å². The highest BCUT2D eigenvalue weighted by molar-refractivity contribution is 7.22. The van der Waals surface area contributed by atoms with Crippen molar-refractivity contribution in [3.05, 3.63) is 35.4 Å². The van der Waals surface area contributed by atoms with Gasteiger partial charge in [-0.15, -0.1) is 0 Å². The third-order valence-electron chi connectivity index (χ3n) is 9.10. The highest BCUT2D eigenvalue weighted by atomic mass is 32.1. The molecule has 0 unspecified atom stereocenters. The number of nitriles is 1. The van der Waals surface area contributed by atoms with Gasteiger partial charge in [0.1, 0.15) is 23.8 Å². The number of fused-ring (bicyclic) bond motifs is 2. The summed E-state index contributed by atoms with van der Waals surface area (Å²) in [7, 11) is 2.07. The Bertz CT molecular complexity index is 1730. The summed E-state index contributed by atoms with van der Waals surface area (Å²) in [5.41, 5.74) is 6.66. The fourth-order valence-corrected chi connectivity index (χ4v) is 7.30. The number of rotatable bonds is 6. The van der Waals surface area contributed by atoms with Gasteiger partial charge in [-0.3, -0.25) is 0 Å². The van der Waals surface area contributed by atoms with Crippen LogP contribution >= 0.6 is 11.3 Å². The van der Waals surface area contributed by atoms with Crippen molar-refractivity contribution < 1.29 is 13.5 Å². The summed E-state index contributed by atoms with van der Waals surface area (Å²) in [5.74, 6) is -0.470. The van der Waals surface area contributed by atoms with E-state index in [-0.39, 0.29) is 38.5 Å². The zero-order valence-electron chi connectivity index (χ0n) is 23.4. The molecule has 42 heavy (non-hydrogen) atoms. The monoisotopic (exact) mass is 590 g/mol. The third-order valence-corrected chi connectivity index (χ3v) is 9.99. The van der Waals surface area contributed by atoms with E-state index >= 15 is 4.39 Å². The van der Waals surface area contributed by atoms with E-state index in [1.165, 1.54) is 12.1 Å². The minimum Gasteiger partial charge on any atom is -0.462 e. The zero-order chi connectivity index (χ0) is 29.0. The minimum absolute atomic E-state index is 0.111. The molecule has 9 nitrogen and oxygen atoms in total. The normalized spacial score (nSPS) is 20.6. The van der Waals surface area contributed by atoms with E-state index < -0.39 is 17.0 Å². The minimum atomic E-state index is -0.879. The van der Waals surface area contributed by atoms with Crippen LogP contribution in [-0.2, 0) is 5.41 Å². The molecular weight excluding hydrogens is 558 g/mol. The summed E-state index contributed by atoms with van der Waals surface area (Å²) >= 11 is 1.02. The molecule has 3 N–H and O–H groups in total. The van der Waals surface area contributed by atoms with Crippen LogP contribution in [0.25, 0.3) is 32.2 Å². The topological polar surface area (TPSA) is 116 Å². The predicted molar refractivity (Wildman–Crippen MR) is 160 cm³/mol. The van der Waals surface area contributed by atoms with Crippen molar-refractivity contribution in [2.75, 3.05) is 57.0 Å². The number of thiazole rings is 1. The molecule has 4 heterocycles. The van der Waals surface area contributed by atoms with E-state index in [4.69, 9.17) is 15.5 Å². The molecule has 3 fully saturated rings. The summed E-state index contributed by atoms with van der Waals surface area (Å²) in [5, 5.41) is 14.5. The largest absolute Gasteiger partial charge is 0.462 e. The predicted octanol–water partition coefficient (Wildman–Crippen LogP) is 4.59. The molecule has 0 spiro atoms. The molecule has 2 aromatic heterocycles. The number of nitrogens with one attached hydrogen (secondary N) is 1. The maximum atomic E-state index is 17.2. The Balaban J connectivity index is 1.47. The number of nitrogen functional groups attached to an aromatic ring is 1. The van der Waals surface area contributed by atoms with Crippen molar-refractivity contribution in [2.24, 2.45) is 0 Å². The van der Waals surface area contributed by atoms with Crippen LogP contribution in [0.5, 0.6) is 6.01 Å². The van der Waals surface area contributed by atoms with Crippen molar-refractivity contribution in [1.82, 2.24) is 25.2 Å². The first-order chi connectivity index (χ1) is 20.4. The number of halogens is 2. The number of aromatic nitrogens is 3. The van der Waals surface area contributed by atoms with Crippen LogP contribution in [0.2, 0.25) is 0 Å². The fourth-order valence-electron chi connectivity index (χ4n) is 6.54. The van der Waals surface area contributed by atoms with E-state index in [1.807, 2.05) is 6.07 Å². The van der Waals surface area contributed by atoms with E-state index in [1.54, 1.807) is 0 Å². The molecule has 2 aromatic carbocycles. The first-order valence-corrected chi connectivity index (χ1v) is 15.3. The molecular formula is C30H32F2N8OS. The number of likely N-dealkylation sites (tertiary alicyclic amines) is 1. The molecule has 3 aliphatic rings. The van der Waals surface area contributed by atoms with E-state index in [0.29, 0.717) is 54.9 Å². The first kappa shape index (κ1) is 27.2. The van der Waals surface area contributed by atoms with Crippen LogP contribution in [0.1, 0.15) is 37.7 Å². The Morgan fingerprint density at radius 1 is 1.14 bits per heavy atom. The summed E-state index contributed by atoms with van der Waals surface area (Å²) in [6.07, 6.45) is 4.18. The van der Waals surface area contributed by atoms with Crippen LogP contribution in [0.4, 0.5) is 19.7 Å². The van der Waals surface area contributed by atoms with Gasteiger partial charge in [-0.1, -0.05) is 11.3 Å². The van der Waals surface area contributed by atoms with Gasteiger partial charge in [-0.25, -0.2) is 13.8 Å². The number of likely N-dealkylation sites (N-methyl/N-ethyl adjacent to an activating group) is 1. The smallest absolute Gasteiger partial charge is 0.319 e. The van der Waals surface area contributed by atoms with Gasteiger partial charge in [-0.05, 0) is 69.5 Å². The van der Waals surface area contributed by atoms with Crippen molar-refractivity contribution >= 4 is 43.4 Å². The third kappa shape index (κ3) is 4.42. The summed E-state index contributed by atoms with van der Waals surface area (Å²) in [4.78, 5) is 18.2. The Morgan fingerprint density at radius 3 is 2.64 bits per heavy atom. The van der Waals surface area contributed by atoms with Crippen molar-refractivity contribution in [3.8, 4) is 23.2 Å². The maximum absolute atomic E-state index is 17.2. The number of hydrogen-bond donors (Lipinski definition) is 2. The van der Waals surface area contributed by atoms with E-state index in [9.17, 15) is 9.65 Å². The van der Waals surface area contributed by atoms with Gasteiger partial charge >= 0.3 is 6.01 Å². The van der Waals surface area contributed by atoms with Gasteiger partial charge in [0.2, 0.25) is 0 Å². The van der Waals surface area contributed by atoms with Gasteiger partial charge in [-0.2, -0.15) is 15.2 Å². The Kier molecular flexibility index (Phi) is 6.84. The first-order valence-electron chi connectivity index (χ1n) is 14.5. The van der Waals surface area contributed by atoms with Crippen LogP contribution < -0.4 is 20.7 Å². The van der Waals surface area contributed by atoms with Crippen LogP contribution in [0, 0.1) is 23.0 Å². The van der Waals surface area contributed by atoms with Gasteiger partial charge in [0, 0.05) is 48.7 Å². The molecule has 1 saturated carbocycles. The van der Waals surface area contributed by atoms with Gasteiger partial charge < -0.3 is 25.6 Å². The Morgan fingerprint density at radius 2 is 1.95 bits per heavy atom. The molecule has 1 atom stereocenters. The molecule has 0 radical (unpaired) electrons. The molecule has 0 bridgehead atoms. The maximum Gasteiger partial charge on any atom is 0.319 e. The van der Waals surface area contributed by atoms with Crippen molar-refractivity contribution in [1.29, 1.82) is 5.26 Å². The molecule has 7 rings (SSSR count). The molecule has 218 valence electrons. The Labute approximate surface area is 246 Å². The molecule has 2 saturated heterocycles. The second-order valence-corrected chi connectivity index (χ2v) is 12.6. The van der Waals surface area contributed by atoms with E-state index in [0.717, 1.165) is 50.2 Å². The number of hydrogen-bond acceptors (Lipinski definition) is 10. The standard InChI is InChI=1S/C30H32F2N8OS/c1-39-11-2-4-17(39)15-41-29-37-24-19(27(38-29)40-12-9-35-10-13-40)14-20(30(16-33)7-3-8-30)22(23(24)32)18-5-6-21(31)26-25(18)36-28(34)42-26/h5-6,14,17,35H,2-4,7-13,15H2,1H3,(H2,34,36)/t17-/m0/s1. The molecule has 1 aliphatic carbocycles. The fraction of sp³-hybridized carbons (Fsp3) is 0.467. The van der Waals surface area contributed by atoms with Crippen LogP contribution in [-0.4, -0.2) is 72.3 Å². The number of nitrogens with zero attached hydrogens (tertiary/aromatic N) is 6. The number of nitrogens with two attached hydrogens (primary N) is 1. The van der Waals surface area contributed by atoms with Gasteiger partial charge in [0.05, 0.1) is 21.7 Å². The lowest BCUT2D eigenvalue weighted by Gasteiger charge is -2.38. The quantitative estimate of drug-likeness (QED) is 0.333. The van der Waals surface area contributed by atoms with Gasteiger partial charge in [0.25, 0.3) is 0 Å². The highest BCUT2D eigenvalue weighted by Gasteiger charge is 2.43. The average Bonchev–Trinajstić information content (AvgIpc) is 3.58. The number of benzene rings is 2. The number of ether oxygens (including phenoxy) is 1. The average molecular weight is 591 g/mol. The van der Waals surface area contributed by atoms with Crippen molar-refractivity contribution in [2.45, 2.75) is 43.6 Å². The summed E-state index contributed by atoms with van der Waals surface area (Å²) in [6, 6.07) is 7.57. The lowest BCUT2D eigenvalue weighted by Crippen LogP contribution is -2.44. The molecule has 2 aliphatic heterocycles. The molecule has 12 heteroatoms. The number of piperazine rings is 1.